The van der Waals surface area contributed by atoms with Gasteiger partial charge in [-0.25, -0.2) is 0 Å². The molecule has 1 aromatic carbocycles. The van der Waals surface area contributed by atoms with Crippen LogP contribution in [0.1, 0.15) is 39.2 Å². The van der Waals surface area contributed by atoms with E-state index in [4.69, 9.17) is 4.74 Å². The average Bonchev–Trinajstić information content (AvgIpc) is 2.32. The van der Waals surface area contributed by atoms with E-state index in [2.05, 4.69) is 53.3 Å². The first-order valence-corrected chi connectivity index (χ1v) is 7.38. The molecular formula is C15H24BrNO. The Morgan fingerprint density at radius 3 is 2.67 bits per heavy atom. The van der Waals surface area contributed by atoms with Crippen LogP contribution in [0.5, 0.6) is 5.75 Å². The van der Waals surface area contributed by atoms with Crippen molar-refractivity contribution in [1.29, 1.82) is 0 Å². The first-order chi connectivity index (χ1) is 8.51. The van der Waals surface area contributed by atoms with Gasteiger partial charge in [-0.05, 0) is 72.4 Å². The monoisotopic (exact) mass is 313 g/mol. The molecule has 0 atom stereocenters. The van der Waals surface area contributed by atoms with Crippen molar-refractivity contribution >= 4 is 15.9 Å². The predicted octanol–water partition coefficient (Wildman–Crippen LogP) is 4.13. The highest BCUT2D eigenvalue weighted by atomic mass is 79.9. The maximum absolute atomic E-state index is 5.64. The fourth-order valence-corrected chi connectivity index (χ4v) is 2.40. The van der Waals surface area contributed by atoms with Gasteiger partial charge >= 0.3 is 0 Å². The van der Waals surface area contributed by atoms with Crippen LogP contribution in [-0.2, 0) is 5.41 Å². The lowest BCUT2D eigenvalue weighted by Crippen LogP contribution is -2.20. The fraction of sp³-hybridized carbons (Fsp3) is 0.600. The Morgan fingerprint density at radius 2 is 2.06 bits per heavy atom. The molecule has 0 aliphatic heterocycles. The van der Waals surface area contributed by atoms with Crippen LogP contribution in [0.15, 0.2) is 22.7 Å². The zero-order valence-corrected chi connectivity index (χ0v) is 13.4. The minimum absolute atomic E-state index is 0.184. The largest absolute Gasteiger partial charge is 0.493 e. The van der Waals surface area contributed by atoms with E-state index < -0.39 is 0 Å². The third-order valence-corrected chi connectivity index (χ3v) is 3.90. The van der Waals surface area contributed by atoms with E-state index in [9.17, 15) is 0 Å². The van der Waals surface area contributed by atoms with Gasteiger partial charge < -0.3 is 10.1 Å². The molecule has 0 spiro atoms. The van der Waals surface area contributed by atoms with Crippen molar-refractivity contribution in [2.24, 2.45) is 0 Å². The SMILES string of the molecule is CCOc1cc(C(C)(C)CCCNC)ccc1Br. The second kappa shape index (κ2) is 7.15. The zero-order valence-electron chi connectivity index (χ0n) is 11.8. The second-order valence-corrected chi connectivity index (χ2v) is 6.02. The first kappa shape index (κ1) is 15.5. The highest BCUT2D eigenvalue weighted by Crippen LogP contribution is 2.34. The molecule has 0 amide bonds. The standard InChI is InChI=1S/C15H24BrNO/c1-5-18-14-11-12(7-8-13(14)16)15(2,3)9-6-10-17-4/h7-8,11,17H,5-6,9-10H2,1-4H3. The Morgan fingerprint density at radius 1 is 1.33 bits per heavy atom. The summed E-state index contributed by atoms with van der Waals surface area (Å²) in [5.74, 6) is 0.941. The summed E-state index contributed by atoms with van der Waals surface area (Å²) in [6.07, 6.45) is 2.35. The summed E-state index contributed by atoms with van der Waals surface area (Å²) in [5, 5.41) is 3.20. The molecule has 0 fully saturated rings. The Labute approximate surface area is 119 Å². The van der Waals surface area contributed by atoms with Gasteiger partial charge in [0.25, 0.3) is 0 Å². The summed E-state index contributed by atoms with van der Waals surface area (Å²) >= 11 is 3.53. The lowest BCUT2D eigenvalue weighted by molar-refractivity contribution is 0.336. The minimum Gasteiger partial charge on any atom is -0.493 e. The summed E-state index contributed by atoms with van der Waals surface area (Å²) < 4.78 is 6.67. The number of ether oxygens (including phenoxy) is 1. The lowest BCUT2D eigenvalue weighted by atomic mass is 9.80. The second-order valence-electron chi connectivity index (χ2n) is 5.17. The summed E-state index contributed by atoms with van der Waals surface area (Å²) in [7, 11) is 2.00. The van der Waals surface area contributed by atoms with Gasteiger partial charge in [0.15, 0.2) is 0 Å². The Kier molecular flexibility index (Phi) is 6.16. The molecule has 0 unspecified atom stereocenters. The van der Waals surface area contributed by atoms with Crippen molar-refractivity contribution in [3.8, 4) is 5.75 Å². The fourth-order valence-electron chi connectivity index (χ4n) is 2.04. The molecule has 0 saturated carbocycles. The van der Waals surface area contributed by atoms with Crippen molar-refractivity contribution in [2.75, 3.05) is 20.2 Å². The van der Waals surface area contributed by atoms with Crippen LogP contribution in [-0.4, -0.2) is 20.2 Å². The van der Waals surface area contributed by atoms with Crippen molar-refractivity contribution in [3.63, 3.8) is 0 Å². The van der Waals surface area contributed by atoms with Crippen LogP contribution in [0.2, 0.25) is 0 Å². The van der Waals surface area contributed by atoms with Crippen molar-refractivity contribution in [3.05, 3.63) is 28.2 Å². The summed E-state index contributed by atoms with van der Waals surface area (Å²) in [6, 6.07) is 6.43. The molecule has 3 heteroatoms. The van der Waals surface area contributed by atoms with Crippen LogP contribution < -0.4 is 10.1 Å². The summed E-state index contributed by atoms with van der Waals surface area (Å²) in [4.78, 5) is 0. The van der Waals surface area contributed by atoms with Gasteiger partial charge in [0.2, 0.25) is 0 Å². The number of nitrogens with one attached hydrogen (secondary N) is 1. The number of rotatable bonds is 7. The molecule has 0 aromatic heterocycles. The lowest BCUT2D eigenvalue weighted by Gasteiger charge is -2.26. The summed E-state index contributed by atoms with van der Waals surface area (Å²) in [5.41, 5.74) is 1.52. The van der Waals surface area contributed by atoms with E-state index in [0.29, 0.717) is 6.61 Å². The Hall–Kier alpha value is -0.540. The molecule has 0 aliphatic carbocycles. The smallest absolute Gasteiger partial charge is 0.133 e. The van der Waals surface area contributed by atoms with E-state index in [1.165, 1.54) is 18.4 Å². The molecule has 0 aliphatic rings. The molecule has 0 heterocycles. The van der Waals surface area contributed by atoms with Crippen LogP contribution >= 0.6 is 15.9 Å². The molecule has 102 valence electrons. The maximum Gasteiger partial charge on any atom is 0.133 e. The van der Waals surface area contributed by atoms with E-state index in [1.807, 2.05) is 14.0 Å². The molecule has 1 rings (SSSR count). The van der Waals surface area contributed by atoms with E-state index in [0.717, 1.165) is 16.8 Å². The quantitative estimate of drug-likeness (QED) is 0.764. The molecule has 1 N–H and O–H groups in total. The van der Waals surface area contributed by atoms with Gasteiger partial charge in [0.1, 0.15) is 5.75 Å². The zero-order chi connectivity index (χ0) is 13.6. The molecule has 2 nitrogen and oxygen atoms in total. The van der Waals surface area contributed by atoms with Crippen molar-refractivity contribution in [2.45, 2.75) is 39.0 Å². The van der Waals surface area contributed by atoms with Crippen molar-refractivity contribution in [1.82, 2.24) is 5.32 Å². The number of halogens is 1. The highest BCUT2D eigenvalue weighted by Gasteiger charge is 2.21. The molecule has 0 radical (unpaired) electrons. The van der Waals surface area contributed by atoms with Gasteiger partial charge in [-0.2, -0.15) is 0 Å². The number of hydrogen-bond donors (Lipinski definition) is 1. The minimum atomic E-state index is 0.184. The third-order valence-electron chi connectivity index (χ3n) is 3.24. The van der Waals surface area contributed by atoms with Gasteiger partial charge in [0.05, 0.1) is 11.1 Å². The van der Waals surface area contributed by atoms with Crippen LogP contribution in [0, 0.1) is 0 Å². The van der Waals surface area contributed by atoms with Gasteiger partial charge in [-0.1, -0.05) is 19.9 Å². The molecule has 18 heavy (non-hydrogen) atoms. The number of benzene rings is 1. The average molecular weight is 314 g/mol. The van der Waals surface area contributed by atoms with Crippen LogP contribution in [0.4, 0.5) is 0 Å². The molecule has 0 saturated heterocycles. The van der Waals surface area contributed by atoms with Crippen LogP contribution in [0.25, 0.3) is 0 Å². The van der Waals surface area contributed by atoms with Gasteiger partial charge in [-0.3, -0.25) is 0 Å². The highest BCUT2D eigenvalue weighted by molar-refractivity contribution is 9.10. The van der Waals surface area contributed by atoms with E-state index in [1.54, 1.807) is 0 Å². The molecule has 0 bridgehead atoms. The van der Waals surface area contributed by atoms with E-state index in [-0.39, 0.29) is 5.41 Å². The first-order valence-electron chi connectivity index (χ1n) is 6.58. The van der Waals surface area contributed by atoms with Gasteiger partial charge in [-0.15, -0.1) is 0 Å². The topological polar surface area (TPSA) is 21.3 Å². The van der Waals surface area contributed by atoms with E-state index >= 15 is 0 Å². The van der Waals surface area contributed by atoms with Crippen LogP contribution in [0.3, 0.4) is 0 Å². The molecule has 1 aromatic rings. The number of hydrogen-bond acceptors (Lipinski definition) is 2. The Bertz CT molecular complexity index is 377. The normalized spacial score (nSPS) is 11.6. The predicted molar refractivity (Wildman–Crippen MR) is 81.5 cm³/mol. The molecular weight excluding hydrogens is 290 g/mol. The van der Waals surface area contributed by atoms with Crippen molar-refractivity contribution < 1.29 is 4.74 Å². The van der Waals surface area contributed by atoms with Gasteiger partial charge in [0, 0.05) is 0 Å². The maximum atomic E-state index is 5.64. The summed E-state index contributed by atoms with van der Waals surface area (Å²) in [6.45, 7) is 8.36. The third kappa shape index (κ3) is 4.29. The Balaban J connectivity index is 2.83.